The molecule has 1 aromatic rings. The molecule has 0 radical (unpaired) electrons. The molecule has 29 heavy (non-hydrogen) atoms. The number of sulfonamides is 2. The van der Waals surface area contributed by atoms with Gasteiger partial charge in [-0.15, -0.1) is 10.2 Å². The molecule has 0 unspecified atom stereocenters. The van der Waals surface area contributed by atoms with Gasteiger partial charge in [0.2, 0.25) is 0 Å². The van der Waals surface area contributed by atoms with Crippen LogP contribution in [0.25, 0.3) is 0 Å². The molecule has 1 rings (SSSR count). The summed E-state index contributed by atoms with van der Waals surface area (Å²) in [5, 5.41) is 0. The number of halogens is 6. The highest BCUT2D eigenvalue weighted by atomic mass is 32.4. The number of benzene rings is 1. The van der Waals surface area contributed by atoms with Crippen molar-refractivity contribution in [1.29, 1.82) is 0 Å². The van der Waals surface area contributed by atoms with Crippen molar-refractivity contribution in [1.82, 2.24) is 3.12 Å². The molecule has 0 aliphatic rings. The van der Waals surface area contributed by atoms with E-state index in [0.717, 1.165) is 30.2 Å². The smallest absolute Gasteiger partial charge is 0.201 e. The molecular weight excluding hydrogens is 484 g/mol. The lowest BCUT2D eigenvalue weighted by molar-refractivity contribution is -0.0505. The van der Waals surface area contributed by atoms with Gasteiger partial charge >= 0.3 is 31.1 Å². The van der Waals surface area contributed by atoms with Gasteiger partial charge in [-0.1, -0.05) is 37.3 Å². The van der Waals surface area contributed by atoms with Crippen LogP contribution < -0.4 is 0 Å². The van der Waals surface area contributed by atoms with Crippen molar-refractivity contribution in [3.63, 3.8) is 0 Å². The third-order valence-electron chi connectivity index (χ3n) is 3.58. The van der Waals surface area contributed by atoms with Gasteiger partial charge in [-0.05, 0) is 33.8 Å². The molecule has 0 aliphatic heterocycles. The lowest BCUT2D eigenvalue weighted by atomic mass is 10.2. The van der Waals surface area contributed by atoms with Crippen molar-refractivity contribution >= 4 is 38.3 Å². The Morgan fingerprint density at radius 2 is 1.14 bits per heavy atom. The molecule has 0 saturated carbocycles. The Morgan fingerprint density at radius 1 is 0.793 bits per heavy atom. The minimum absolute atomic E-state index is 0.266. The number of hydrogen-bond acceptors (Lipinski definition) is 4. The Kier molecular flexibility index (Phi) is 7.00. The number of alkyl halides is 6. The summed E-state index contributed by atoms with van der Waals surface area (Å²) in [6.07, 6.45) is 1.49. The molecule has 0 aliphatic carbocycles. The molecular formula is C14H21F6NO4S3Si. The second-order valence-electron chi connectivity index (χ2n) is 7.72. The fourth-order valence-corrected chi connectivity index (χ4v) is 11.7. The van der Waals surface area contributed by atoms with Crippen LogP contribution in [-0.2, 0) is 26.1 Å². The molecule has 0 saturated heterocycles. The quantitative estimate of drug-likeness (QED) is 0.423. The first-order chi connectivity index (χ1) is 12.5. The Labute approximate surface area is 168 Å². The third-order valence-corrected chi connectivity index (χ3v) is 13.8. The van der Waals surface area contributed by atoms with E-state index in [1.807, 2.05) is 19.6 Å². The van der Waals surface area contributed by atoms with E-state index in [-0.39, 0.29) is 4.90 Å². The van der Waals surface area contributed by atoms with Gasteiger partial charge in [0.25, 0.3) is 0 Å². The maximum absolute atomic E-state index is 13.1. The van der Waals surface area contributed by atoms with Crippen LogP contribution in [-0.4, -0.2) is 51.6 Å². The summed E-state index contributed by atoms with van der Waals surface area (Å²) in [6, 6.07) is 5.88. The molecule has 1 aromatic carbocycles. The highest BCUT2D eigenvalue weighted by Gasteiger charge is 2.65. The largest absolute Gasteiger partial charge is 0.513 e. The van der Waals surface area contributed by atoms with Crippen molar-refractivity contribution in [2.24, 2.45) is 0 Å². The number of rotatable bonds is 6. The van der Waals surface area contributed by atoms with Crippen LogP contribution in [0.2, 0.25) is 19.6 Å². The molecule has 5 nitrogen and oxygen atoms in total. The van der Waals surface area contributed by atoms with Gasteiger partial charge in [-0.3, -0.25) is 0 Å². The van der Waals surface area contributed by atoms with Crippen LogP contribution in [0.4, 0.5) is 26.3 Å². The molecule has 0 amide bonds. The van der Waals surface area contributed by atoms with Gasteiger partial charge in [0.05, 0.1) is 0 Å². The first-order valence-electron chi connectivity index (χ1n) is 7.81. The fourth-order valence-electron chi connectivity index (χ4n) is 2.43. The normalized spacial score (nSPS) is 15.6. The lowest BCUT2D eigenvalue weighted by Gasteiger charge is -2.41. The summed E-state index contributed by atoms with van der Waals surface area (Å²) < 4.78 is 124. The third kappa shape index (κ3) is 5.48. The molecule has 0 bridgehead atoms. The maximum atomic E-state index is 13.1. The Balaban J connectivity index is 3.69. The van der Waals surface area contributed by atoms with Crippen LogP contribution in [0.5, 0.6) is 0 Å². The molecule has 170 valence electrons. The average molecular weight is 506 g/mol. The molecule has 0 spiro atoms. The zero-order valence-electron chi connectivity index (χ0n) is 16.1. The standard InChI is InChI=1S/C14H21F6NO4S3Si/c1-26(2,12-8-6-11(7-9-12)10-29(3,4)5)21(27(22,23)13(15,16)17)28(24,25)14(18,19)20/h6-9H,10H2,1-5H3. The second kappa shape index (κ2) is 7.73. The van der Waals surface area contributed by atoms with Crippen molar-refractivity contribution in [3.05, 3.63) is 29.8 Å². The summed E-state index contributed by atoms with van der Waals surface area (Å²) in [7, 11) is -19.1. The van der Waals surface area contributed by atoms with Gasteiger partial charge in [0.15, 0.2) is 0 Å². The van der Waals surface area contributed by atoms with Gasteiger partial charge in [0, 0.05) is 13.0 Å². The van der Waals surface area contributed by atoms with Crippen LogP contribution >= 0.6 is 10.2 Å². The summed E-state index contributed by atoms with van der Waals surface area (Å²) in [6.45, 7) is 6.14. The highest BCUT2D eigenvalue weighted by molar-refractivity contribution is 8.40. The Bertz CT molecular complexity index is 905. The van der Waals surface area contributed by atoms with Gasteiger partial charge in [0.1, 0.15) is 0 Å². The zero-order chi connectivity index (χ0) is 23.3. The van der Waals surface area contributed by atoms with E-state index in [1.165, 1.54) is 12.1 Å². The first-order valence-corrected chi connectivity index (χ1v) is 16.8. The van der Waals surface area contributed by atoms with Gasteiger partial charge < -0.3 is 0 Å². The average Bonchev–Trinajstić information content (AvgIpc) is 2.42. The van der Waals surface area contributed by atoms with Gasteiger partial charge in [-0.2, -0.15) is 26.3 Å². The number of hydrogen-bond donors (Lipinski definition) is 0. The Hall–Kier alpha value is -0.773. The molecule has 0 atom stereocenters. The summed E-state index contributed by atoms with van der Waals surface area (Å²) >= 11 is 0. The minimum atomic E-state index is -6.85. The van der Waals surface area contributed by atoms with Crippen LogP contribution in [0.15, 0.2) is 29.2 Å². The summed E-state index contributed by atoms with van der Waals surface area (Å²) in [4.78, 5) is -0.266. The van der Waals surface area contributed by atoms with Crippen molar-refractivity contribution in [2.75, 3.05) is 12.5 Å². The highest BCUT2D eigenvalue weighted by Crippen LogP contribution is 2.59. The molecule has 0 fully saturated rings. The lowest BCUT2D eigenvalue weighted by Crippen LogP contribution is -2.49. The van der Waals surface area contributed by atoms with Crippen molar-refractivity contribution in [3.8, 4) is 0 Å². The first kappa shape index (κ1) is 26.3. The molecule has 15 heteroatoms. The van der Waals surface area contributed by atoms with E-state index in [2.05, 4.69) is 0 Å². The van der Waals surface area contributed by atoms with Crippen LogP contribution in [0, 0.1) is 0 Å². The van der Waals surface area contributed by atoms with E-state index in [9.17, 15) is 43.2 Å². The maximum Gasteiger partial charge on any atom is 0.513 e. The van der Waals surface area contributed by atoms with Crippen LogP contribution in [0.1, 0.15) is 5.56 Å². The molecule has 0 heterocycles. The van der Waals surface area contributed by atoms with E-state index >= 15 is 0 Å². The predicted molar refractivity (Wildman–Crippen MR) is 103 cm³/mol. The van der Waals surface area contributed by atoms with E-state index < -0.39 is 52.5 Å². The predicted octanol–water partition coefficient (Wildman–Crippen LogP) is 4.45. The summed E-state index contributed by atoms with van der Waals surface area (Å²) in [5.41, 5.74) is -11.7. The molecule has 0 N–H and O–H groups in total. The van der Waals surface area contributed by atoms with Crippen LogP contribution in [0.3, 0.4) is 0 Å². The van der Waals surface area contributed by atoms with E-state index in [0.29, 0.717) is 6.04 Å². The SMILES string of the molecule is C[Si](C)(C)Cc1ccc(S(C)(C)N(S(=O)(=O)C(F)(F)F)S(=O)(=O)C(F)(F)F)cc1. The monoisotopic (exact) mass is 505 g/mol. The van der Waals surface area contributed by atoms with Crippen molar-refractivity contribution < 1.29 is 43.2 Å². The van der Waals surface area contributed by atoms with Crippen molar-refractivity contribution in [2.45, 2.75) is 41.6 Å². The van der Waals surface area contributed by atoms with E-state index in [4.69, 9.17) is 0 Å². The summed E-state index contributed by atoms with van der Waals surface area (Å²) in [5.74, 6) is 0. The Morgan fingerprint density at radius 3 is 1.41 bits per heavy atom. The zero-order valence-corrected chi connectivity index (χ0v) is 19.5. The topological polar surface area (TPSA) is 71.5 Å². The fraction of sp³-hybridized carbons (Fsp3) is 0.571. The minimum Gasteiger partial charge on any atom is -0.201 e. The number of nitrogens with zero attached hydrogens (tertiary/aromatic N) is 1. The second-order valence-corrected chi connectivity index (χ2v) is 20.8. The molecule has 0 aromatic heterocycles. The van der Waals surface area contributed by atoms with Gasteiger partial charge in [-0.25, -0.2) is 16.8 Å². The van der Waals surface area contributed by atoms with E-state index in [1.54, 1.807) is 0 Å².